The molecule has 1 unspecified atom stereocenters. The average molecular weight is 292 g/mol. The van der Waals surface area contributed by atoms with E-state index in [9.17, 15) is 4.39 Å². The Hall–Kier alpha value is -1.13. The van der Waals surface area contributed by atoms with Crippen LogP contribution in [0.2, 0.25) is 0 Å². The standard InChI is InChI=1S/C17H25FN2O/c1-2-7-19-11-17(6-9-21-13-17)12-20-8-5-14-3-4-15(18)10-16(14)20/h3-4,10,19H,2,5-9,11-13H2,1H3. The van der Waals surface area contributed by atoms with Gasteiger partial charge < -0.3 is 15.0 Å². The van der Waals surface area contributed by atoms with Crippen LogP contribution in [0.5, 0.6) is 0 Å². The zero-order valence-electron chi connectivity index (χ0n) is 12.8. The van der Waals surface area contributed by atoms with Crippen LogP contribution in [-0.2, 0) is 11.2 Å². The van der Waals surface area contributed by atoms with Gasteiger partial charge in [-0.15, -0.1) is 0 Å². The van der Waals surface area contributed by atoms with Crippen LogP contribution in [-0.4, -0.2) is 39.4 Å². The molecule has 1 fully saturated rings. The quantitative estimate of drug-likeness (QED) is 0.816. The Balaban J connectivity index is 1.71. The number of benzene rings is 1. The van der Waals surface area contributed by atoms with Gasteiger partial charge in [0.15, 0.2) is 0 Å². The molecule has 1 aromatic carbocycles. The van der Waals surface area contributed by atoms with Crippen molar-refractivity contribution in [1.29, 1.82) is 0 Å². The molecule has 0 amide bonds. The number of hydrogen-bond acceptors (Lipinski definition) is 3. The topological polar surface area (TPSA) is 24.5 Å². The molecule has 116 valence electrons. The first-order valence-electron chi connectivity index (χ1n) is 8.04. The molecule has 1 N–H and O–H groups in total. The van der Waals surface area contributed by atoms with Gasteiger partial charge in [-0.1, -0.05) is 13.0 Å². The first kappa shape index (κ1) is 14.8. The van der Waals surface area contributed by atoms with Gasteiger partial charge in [-0.25, -0.2) is 4.39 Å². The number of halogens is 1. The summed E-state index contributed by atoms with van der Waals surface area (Å²) < 4.78 is 19.2. The highest BCUT2D eigenvalue weighted by Gasteiger charge is 2.37. The second-order valence-corrected chi connectivity index (χ2v) is 6.42. The number of nitrogens with one attached hydrogen (secondary N) is 1. The molecule has 1 aromatic rings. The monoisotopic (exact) mass is 292 g/mol. The van der Waals surface area contributed by atoms with Crippen molar-refractivity contribution < 1.29 is 9.13 Å². The molecule has 1 saturated heterocycles. The lowest BCUT2D eigenvalue weighted by molar-refractivity contribution is 0.152. The van der Waals surface area contributed by atoms with Crippen LogP contribution in [0.4, 0.5) is 10.1 Å². The summed E-state index contributed by atoms with van der Waals surface area (Å²) in [6.45, 7) is 7.83. The van der Waals surface area contributed by atoms with Gasteiger partial charge in [0.05, 0.1) is 6.61 Å². The van der Waals surface area contributed by atoms with Crippen LogP contribution in [0.1, 0.15) is 25.3 Å². The molecular weight excluding hydrogens is 267 g/mol. The van der Waals surface area contributed by atoms with Crippen LogP contribution < -0.4 is 10.2 Å². The fraction of sp³-hybridized carbons (Fsp3) is 0.647. The first-order chi connectivity index (χ1) is 10.2. The molecule has 3 rings (SSSR count). The normalized spacial score (nSPS) is 24.6. The van der Waals surface area contributed by atoms with Gasteiger partial charge >= 0.3 is 0 Å². The van der Waals surface area contributed by atoms with Crippen molar-refractivity contribution in [1.82, 2.24) is 5.32 Å². The maximum absolute atomic E-state index is 13.5. The fourth-order valence-corrected chi connectivity index (χ4v) is 3.49. The van der Waals surface area contributed by atoms with E-state index in [0.29, 0.717) is 0 Å². The molecule has 1 atom stereocenters. The molecular formula is C17H25FN2O. The SMILES string of the molecule is CCCNCC1(CN2CCc3ccc(F)cc32)CCOC1. The van der Waals surface area contributed by atoms with Gasteiger partial charge in [0.25, 0.3) is 0 Å². The molecule has 0 radical (unpaired) electrons. The molecule has 21 heavy (non-hydrogen) atoms. The second-order valence-electron chi connectivity index (χ2n) is 6.42. The molecule has 0 aromatic heterocycles. The maximum Gasteiger partial charge on any atom is 0.125 e. The van der Waals surface area contributed by atoms with E-state index in [2.05, 4.69) is 17.1 Å². The Kier molecular flexibility index (Phi) is 4.45. The minimum Gasteiger partial charge on any atom is -0.381 e. The molecule has 0 saturated carbocycles. The van der Waals surface area contributed by atoms with Crippen LogP contribution in [0.3, 0.4) is 0 Å². The molecule has 2 aliphatic rings. The van der Waals surface area contributed by atoms with Crippen molar-refractivity contribution in [3.8, 4) is 0 Å². The van der Waals surface area contributed by atoms with Crippen molar-refractivity contribution in [3.63, 3.8) is 0 Å². The van der Waals surface area contributed by atoms with E-state index >= 15 is 0 Å². The van der Waals surface area contributed by atoms with Crippen LogP contribution >= 0.6 is 0 Å². The molecule has 0 spiro atoms. The van der Waals surface area contributed by atoms with Gasteiger partial charge in [-0.05, 0) is 43.5 Å². The molecule has 4 heteroatoms. The second kappa shape index (κ2) is 6.32. The van der Waals surface area contributed by atoms with Crippen LogP contribution in [0, 0.1) is 11.2 Å². The number of hydrogen-bond donors (Lipinski definition) is 1. The third-order valence-electron chi connectivity index (χ3n) is 4.68. The van der Waals surface area contributed by atoms with Crippen molar-refractivity contribution in [2.75, 3.05) is 44.3 Å². The van der Waals surface area contributed by atoms with E-state index in [1.54, 1.807) is 12.1 Å². The first-order valence-corrected chi connectivity index (χ1v) is 8.04. The van der Waals surface area contributed by atoms with Crippen molar-refractivity contribution in [2.45, 2.75) is 26.2 Å². The zero-order chi connectivity index (χ0) is 14.7. The minimum absolute atomic E-state index is 0.138. The lowest BCUT2D eigenvalue weighted by Gasteiger charge is -2.34. The highest BCUT2D eigenvalue weighted by Crippen LogP contribution is 2.35. The van der Waals surface area contributed by atoms with Crippen LogP contribution in [0.25, 0.3) is 0 Å². The van der Waals surface area contributed by atoms with Crippen LogP contribution in [0.15, 0.2) is 18.2 Å². The van der Waals surface area contributed by atoms with E-state index in [4.69, 9.17) is 4.74 Å². The van der Waals surface area contributed by atoms with Crippen molar-refractivity contribution >= 4 is 5.69 Å². The summed E-state index contributed by atoms with van der Waals surface area (Å²) in [5.41, 5.74) is 2.52. The van der Waals surface area contributed by atoms with E-state index < -0.39 is 0 Å². The van der Waals surface area contributed by atoms with Gasteiger partial charge in [0.1, 0.15) is 5.82 Å². The van der Waals surface area contributed by atoms with Gasteiger partial charge in [0.2, 0.25) is 0 Å². The Morgan fingerprint density at radius 1 is 1.43 bits per heavy atom. The molecule has 2 heterocycles. The molecule has 0 bridgehead atoms. The van der Waals surface area contributed by atoms with E-state index in [1.807, 2.05) is 6.07 Å². The van der Waals surface area contributed by atoms with Gasteiger partial charge in [-0.2, -0.15) is 0 Å². The lowest BCUT2D eigenvalue weighted by atomic mass is 9.86. The fourth-order valence-electron chi connectivity index (χ4n) is 3.49. The summed E-state index contributed by atoms with van der Waals surface area (Å²) in [4.78, 5) is 2.35. The lowest BCUT2D eigenvalue weighted by Crippen LogP contribution is -2.44. The highest BCUT2D eigenvalue weighted by atomic mass is 19.1. The Labute approximate surface area is 126 Å². The number of rotatable bonds is 6. The summed E-state index contributed by atoms with van der Waals surface area (Å²) in [5, 5.41) is 3.55. The Morgan fingerprint density at radius 3 is 3.10 bits per heavy atom. The largest absolute Gasteiger partial charge is 0.381 e. The predicted molar refractivity (Wildman–Crippen MR) is 83.3 cm³/mol. The molecule has 3 nitrogen and oxygen atoms in total. The summed E-state index contributed by atoms with van der Waals surface area (Å²) in [6.07, 6.45) is 3.26. The van der Waals surface area contributed by atoms with E-state index in [0.717, 1.165) is 64.3 Å². The Bertz CT molecular complexity index is 486. The number of fused-ring (bicyclic) bond motifs is 1. The maximum atomic E-state index is 13.5. The zero-order valence-corrected chi connectivity index (χ0v) is 12.8. The highest BCUT2D eigenvalue weighted by molar-refractivity contribution is 5.58. The predicted octanol–water partition coefficient (Wildman–Crippen LogP) is 2.59. The minimum atomic E-state index is -0.138. The number of ether oxygens (including phenoxy) is 1. The third-order valence-corrected chi connectivity index (χ3v) is 4.68. The Morgan fingerprint density at radius 2 is 2.33 bits per heavy atom. The average Bonchev–Trinajstić information content (AvgIpc) is 3.08. The smallest absolute Gasteiger partial charge is 0.125 e. The van der Waals surface area contributed by atoms with Gasteiger partial charge in [0, 0.05) is 37.3 Å². The number of nitrogens with zero attached hydrogens (tertiary/aromatic N) is 1. The summed E-state index contributed by atoms with van der Waals surface area (Å²) in [7, 11) is 0. The molecule has 2 aliphatic heterocycles. The summed E-state index contributed by atoms with van der Waals surface area (Å²) in [6, 6.07) is 5.18. The summed E-state index contributed by atoms with van der Waals surface area (Å²) >= 11 is 0. The van der Waals surface area contributed by atoms with E-state index in [1.165, 1.54) is 5.56 Å². The van der Waals surface area contributed by atoms with Gasteiger partial charge in [-0.3, -0.25) is 0 Å². The van der Waals surface area contributed by atoms with Crippen molar-refractivity contribution in [2.24, 2.45) is 5.41 Å². The third kappa shape index (κ3) is 3.22. The van der Waals surface area contributed by atoms with Crippen molar-refractivity contribution in [3.05, 3.63) is 29.6 Å². The number of anilines is 1. The molecule has 0 aliphatic carbocycles. The summed E-state index contributed by atoms with van der Waals surface area (Å²) in [5.74, 6) is -0.138. The van der Waals surface area contributed by atoms with E-state index in [-0.39, 0.29) is 11.2 Å².